The van der Waals surface area contributed by atoms with Gasteiger partial charge in [0.1, 0.15) is 28.7 Å². The number of amides is 1. The Labute approximate surface area is 94.7 Å². The molecule has 1 aromatic rings. The standard InChI is InChI=1S/C7H9IN2O2S/c1-10(2)7(11)6-3-5(4-12-8)13-9-6/h3H,4H2,1-2H3. The first-order valence-electron chi connectivity index (χ1n) is 3.56. The van der Waals surface area contributed by atoms with Gasteiger partial charge in [0.15, 0.2) is 0 Å². The number of carbonyl (C=O) groups is 1. The molecule has 1 rings (SSSR count). The molecule has 0 aliphatic rings. The van der Waals surface area contributed by atoms with E-state index in [1.807, 2.05) is 23.0 Å². The van der Waals surface area contributed by atoms with Crippen molar-refractivity contribution in [3.8, 4) is 0 Å². The summed E-state index contributed by atoms with van der Waals surface area (Å²) in [5.41, 5.74) is 0.485. The first-order chi connectivity index (χ1) is 6.15. The Bertz CT molecular complexity index is 300. The van der Waals surface area contributed by atoms with E-state index < -0.39 is 0 Å². The van der Waals surface area contributed by atoms with Gasteiger partial charge in [0.2, 0.25) is 0 Å². The highest BCUT2D eigenvalue weighted by atomic mass is 127. The van der Waals surface area contributed by atoms with Crippen molar-refractivity contribution in [2.24, 2.45) is 0 Å². The molecule has 0 bridgehead atoms. The van der Waals surface area contributed by atoms with Gasteiger partial charge in [0.05, 0.1) is 11.5 Å². The third-order valence-electron chi connectivity index (χ3n) is 1.38. The van der Waals surface area contributed by atoms with Crippen molar-refractivity contribution < 1.29 is 7.86 Å². The Kier molecular flexibility index (Phi) is 4.07. The molecule has 1 heterocycles. The van der Waals surface area contributed by atoms with Crippen LogP contribution in [0.1, 0.15) is 15.4 Å². The Balaban J connectivity index is 2.73. The van der Waals surface area contributed by atoms with Gasteiger partial charge < -0.3 is 7.97 Å². The van der Waals surface area contributed by atoms with Crippen LogP contribution >= 0.6 is 34.5 Å². The minimum atomic E-state index is -0.0732. The average molecular weight is 312 g/mol. The van der Waals surface area contributed by atoms with Gasteiger partial charge in [0.25, 0.3) is 5.91 Å². The first-order valence-corrected chi connectivity index (χ1v) is 5.21. The lowest BCUT2D eigenvalue weighted by Gasteiger charge is -2.06. The number of rotatable bonds is 3. The van der Waals surface area contributed by atoms with E-state index in [2.05, 4.69) is 4.37 Å². The third kappa shape index (κ3) is 2.89. The van der Waals surface area contributed by atoms with Crippen LogP contribution in [-0.2, 0) is 9.67 Å². The van der Waals surface area contributed by atoms with E-state index in [-0.39, 0.29) is 5.91 Å². The molecule has 4 nitrogen and oxygen atoms in total. The summed E-state index contributed by atoms with van der Waals surface area (Å²) in [7, 11) is 3.41. The Morgan fingerprint density at radius 1 is 1.77 bits per heavy atom. The van der Waals surface area contributed by atoms with Crippen LogP contribution in [0.5, 0.6) is 0 Å². The van der Waals surface area contributed by atoms with Crippen LogP contribution in [0.15, 0.2) is 6.07 Å². The Hall–Kier alpha value is -0.210. The highest BCUT2D eigenvalue weighted by Crippen LogP contribution is 2.13. The second-order valence-corrected chi connectivity index (χ2v) is 4.14. The second-order valence-electron chi connectivity index (χ2n) is 2.63. The minimum Gasteiger partial charge on any atom is -0.343 e. The van der Waals surface area contributed by atoms with E-state index in [0.717, 1.165) is 4.88 Å². The molecule has 0 spiro atoms. The van der Waals surface area contributed by atoms with Crippen molar-refractivity contribution in [3.63, 3.8) is 0 Å². The summed E-state index contributed by atoms with van der Waals surface area (Å²) < 4.78 is 8.92. The molecule has 0 saturated heterocycles. The predicted octanol–water partition coefficient (Wildman–Crippen LogP) is 1.71. The lowest BCUT2D eigenvalue weighted by molar-refractivity contribution is 0.0823. The van der Waals surface area contributed by atoms with E-state index in [1.165, 1.54) is 16.4 Å². The quantitative estimate of drug-likeness (QED) is 0.798. The van der Waals surface area contributed by atoms with Crippen molar-refractivity contribution in [2.45, 2.75) is 6.61 Å². The molecule has 0 aliphatic heterocycles. The van der Waals surface area contributed by atoms with Crippen molar-refractivity contribution in [3.05, 3.63) is 16.6 Å². The average Bonchev–Trinajstić information content (AvgIpc) is 2.52. The van der Waals surface area contributed by atoms with Crippen LogP contribution in [0.2, 0.25) is 0 Å². The number of nitrogens with zero attached hydrogens (tertiary/aromatic N) is 2. The molecule has 0 unspecified atom stereocenters. The van der Waals surface area contributed by atoms with Crippen LogP contribution < -0.4 is 0 Å². The molecule has 0 fully saturated rings. The smallest absolute Gasteiger partial charge is 0.273 e. The maximum absolute atomic E-state index is 11.4. The maximum Gasteiger partial charge on any atom is 0.273 e. The molecular formula is C7H9IN2O2S. The van der Waals surface area contributed by atoms with Gasteiger partial charge in [-0.05, 0) is 17.6 Å². The monoisotopic (exact) mass is 312 g/mol. The molecule has 0 radical (unpaired) electrons. The maximum atomic E-state index is 11.4. The zero-order valence-electron chi connectivity index (χ0n) is 7.28. The summed E-state index contributed by atoms with van der Waals surface area (Å²) in [6, 6.07) is 1.76. The highest BCUT2D eigenvalue weighted by Gasteiger charge is 2.12. The molecule has 0 saturated carbocycles. The number of aromatic nitrogens is 1. The van der Waals surface area contributed by atoms with Crippen LogP contribution in [0.25, 0.3) is 0 Å². The van der Waals surface area contributed by atoms with Crippen molar-refractivity contribution in [1.82, 2.24) is 9.27 Å². The normalized spacial score (nSPS) is 10.1. The summed E-state index contributed by atoms with van der Waals surface area (Å²) in [5.74, 6) is -0.0732. The van der Waals surface area contributed by atoms with E-state index in [1.54, 1.807) is 20.2 Å². The molecule has 72 valence electrons. The summed E-state index contributed by atoms with van der Waals surface area (Å²) >= 11 is 3.11. The predicted molar refractivity (Wildman–Crippen MR) is 58.9 cm³/mol. The van der Waals surface area contributed by atoms with E-state index >= 15 is 0 Å². The van der Waals surface area contributed by atoms with E-state index in [4.69, 9.17) is 3.07 Å². The summed E-state index contributed by atoms with van der Waals surface area (Å²) in [4.78, 5) is 13.9. The van der Waals surface area contributed by atoms with Crippen molar-refractivity contribution >= 4 is 40.4 Å². The summed E-state index contributed by atoms with van der Waals surface area (Å²) in [6.45, 7) is 0.499. The van der Waals surface area contributed by atoms with Crippen molar-refractivity contribution in [2.75, 3.05) is 14.1 Å². The van der Waals surface area contributed by atoms with Gasteiger partial charge in [-0.25, -0.2) is 0 Å². The number of halogens is 1. The molecule has 1 aromatic heterocycles. The number of hydrogen-bond acceptors (Lipinski definition) is 4. The molecular weight excluding hydrogens is 303 g/mol. The molecule has 0 atom stereocenters. The lowest BCUT2D eigenvalue weighted by atomic mass is 10.3. The minimum absolute atomic E-state index is 0.0732. The largest absolute Gasteiger partial charge is 0.343 e. The van der Waals surface area contributed by atoms with Gasteiger partial charge in [-0.2, -0.15) is 4.37 Å². The van der Waals surface area contributed by atoms with Crippen LogP contribution in [0, 0.1) is 0 Å². The van der Waals surface area contributed by atoms with Crippen LogP contribution in [0.4, 0.5) is 0 Å². The van der Waals surface area contributed by atoms with Crippen LogP contribution in [-0.4, -0.2) is 29.3 Å². The molecule has 1 amide bonds. The zero-order chi connectivity index (χ0) is 9.84. The fourth-order valence-electron chi connectivity index (χ4n) is 0.765. The van der Waals surface area contributed by atoms with Gasteiger partial charge >= 0.3 is 0 Å². The molecule has 0 aliphatic carbocycles. The van der Waals surface area contributed by atoms with Gasteiger partial charge in [0, 0.05) is 14.1 Å². The SMILES string of the molecule is CN(C)C(=O)c1cc(COI)sn1. The van der Waals surface area contributed by atoms with Gasteiger partial charge in [-0.15, -0.1) is 0 Å². The molecule has 6 heteroatoms. The lowest BCUT2D eigenvalue weighted by Crippen LogP contribution is -2.21. The second kappa shape index (κ2) is 4.87. The van der Waals surface area contributed by atoms with Gasteiger partial charge in [-0.3, -0.25) is 4.79 Å². The highest BCUT2D eigenvalue weighted by molar-refractivity contribution is 14.1. The van der Waals surface area contributed by atoms with Crippen LogP contribution in [0.3, 0.4) is 0 Å². The first kappa shape index (κ1) is 10.9. The van der Waals surface area contributed by atoms with E-state index in [9.17, 15) is 4.79 Å². The fraction of sp³-hybridized carbons (Fsp3) is 0.429. The zero-order valence-corrected chi connectivity index (χ0v) is 10.3. The third-order valence-corrected chi connectivity index (χ3v) is 2.45. The number of carbonyl (C=O) groups excluding carboxylic acids is 1. The van der Waals surface area contributed by atoms with Gasteiger partial charge in [-0.1, -0.05) is 0 Å². The Morgan fingerprint density at radius 3 is 3.00 bits per heavy atom. The van der Waals surface area contributed by atoms with E-state index in [0.29, 0.717) is 12.3 Å². The summed E-state index contributed by atoms with van der Waals surface area (Å²) in [6.07, 6.45) is 0. The van der Waals surface area contributed by atoms with Crippen molar-refractivity contribution in [1.29, 1.82) is 0 Å². The number of hydrogen-bond donors (Lipinski definition) is 0. The molecule has 0 aromatic carbocycles. The summed E-state index contributed by atoms with van der Waals surface area (Å²) in [5, 5.41) is 0. The topological polar surface area (TPSA) is 42.4 Å². The Morgan fingerprint density at radius 2 is 2.46 bits per heavy atom. The fourth-order valence-corrected chi connectivity index (χ4v) is 1.93. The molecule has 13 heavy (non-hydrogen) atoms. The molecule has 0 N–H and O–H groups in total.